The van der Waals surface area contributed by atoms with Gasteiger partial charge in [-0.2, -0.15) is 0 Å². The largest absolute Gasteiger partial charge is 0.573 e. The average Bonchev–Trinajstić information content (AvgIpc) is 3.17. The molecule has 0 spiro atoms. The Kier molecular flexibility index (Phi) is 5.46. The second-order valence-electron chi connectivity index (χ2n) is 6.54. The number of nitrogens with zero attached hydrogens (tertiary/aromatic N) is 1. The Morgan fingerprint density at radius 3 is 2.50 bits per heavy atom. The third-order valence-electron chi connectivity index (χ3n) is 3.82. The van der Waals surface area contributed by atoms with Crippen molar-refractivity contribution in [3.8, 4) is 5.75 Å². The van der Waals surface area contributed by atoms with Crippen molar-refractivity contribution < 1.29 is 27.5 Å². The summed E-state index contributed by atoms with van der Waals surface area (Å²) < 4.78 is 41.3. The smallest absolute Gasteiger partial charge is 0.406 e. The van der Waals surface area contributed by atoms with Gasteiger partial charge in [-0.25, -0.2) is 0 Å². The molecule has 1 aliphatic rings. The number of anilines is 1. The predicted octanol–water partition coefficient (Wildman–Crippen LogP) is 4.49. The van der Waals surface area contributed by atoms with E-state index in [1.165, 1.54) is 23.5 Å². The lowest BCUT2D eigenvalue weighted by Gasteiger charge is -2.17. The molecule has 1 aromatic heterocycles. The minimum atomic E-state index is -4.83. The number of nitrogens with one attached hydrogen (secondary N) is 1. The zero-order chi connectivity index (χ0) is 20.5. The first-order chi connectivity index (χ1) is 13.2. The molecule has 0 bridgehead atoms. The number of hydrogen-bond donors (Lipinski definition) is 1. The standard InChI is InChI=1S/C19H17F3N2O3S/c1-11(2)10-24-17(25)15(14-7-4-8-28-14)16(18(24)26)23-12-5-3-6-13(9-12)27-19(20,21)22/h3-9,11,23H,10H2,1-2H3. The fraction of sp³-hybridized carbons (Fsp3) is 0.263. The van der Waals surface area contributed by atoms with Crippen LogP contribution in [-0.4, -0.2) is 29.6 Å². The minimum absolute atomic E-state index is 0.0391. The van der Waals surface area contributed by atoms with Gasteiger partial charge in [0.25, 0.3) is 11.8 Å². The van der Waals surface area contributed by atoms with E-state index in [1.54, 1.807) is 17.5 Å². The topological polar surface area (TPSA) is 58.6 Å². The third-order valence-corrected chi connectivity index (χ3v) is 4.71. The lowest BCUT2D eigenvalue weighted by Crippen LogP contribution is -2.35. The molecule has 0 aliphatic carbocycles. The van der Waals surface area contributed by atoms with E-state index >= 15 is 0 Å². The highest BCUT2D eigenvalue weighted by atomic mass is 32.1. The Bertz CT molecular complexity index is 921. The van der Waals surface area contributed by atoms with E-state index in [1.807, 2.05) is 13.8 Å². The summed E-state index contributed by atoms with van der Waals surface area (Å²) in [6.45, 7) is 4.01. The maximum atomic E-state index is 12.9. The molecule has 1 aliphatic heterocycles. The van der Waals surface area contributed by atoms with E-state index in [2.05, 4.69) is 10.1 Å². The molecule has 2 aromatic rings. The Morgan fingerprint density at radius 2 is 1.89 bits per heavy atom. The molecule has 1 N–H and O–H groups in total. The highest BCUT2D eigenvalue weighted by Gasteiger charge is 2.40. The first kappa shape index (κ1) is 19.9. The summed E-state index contributed by atoms with van der Waals surface area (Å²) >= 11 is 1.30. The van der Waals surface area contributed by atoms with Crippen LogP contribution in [0.15, 0.2) is 47.5 Å². The van der Waals surface area contributed by atoms with Gasteiger partial charge in [0.2, 0.25) is 0 Å². The first-order valence-electron chi connectivity index (χ1n) is 8.43. The van der Waals surface area contributed by atoms with Gasteiger partial charge in [0.15, 0.2) is 0 Å². The number of thiophene rings is 1. The quantitative estimate of drug-likeness (QED) is 0.713. The number of imide groups is 1. The summed E-state index contributed by atoms with van der Waals surface area (Å²) in [6, 6.07) is 8.60. The molecule has 9 heteroatoms. The highest BCUT2D eigenvalue weighted by Crippen LogP contribution is 2.34. The van der Waals surface area contributed by atoms with Crippen molar-refractivity contribution in [1.82, 2.24) is 4.90 Å². The second kappa shape index (κ2) is 7.67. The monoisotopic (exact) mass is 410 g/mol. The van der Waals surface area contributed by atoms with Gasteiger partial charge in [-0.15, -0.1) is 24.5 Å². The summed E-state index contributed by atoms with van der Waals surface area (Å²) in [7, 11) is 0. The molecule has 0 atom stereocenters. The molecule has 2 heterocycles. The summed E-state index contributed by atoms with van der Waals surface area (Å²) in [5, 5.41) is 4.59. The molecule has 1 aromatic carbocycles. The summed E-state index contributed by atoms with van der Waals surface area (Å²) in [5.74, 6) is -1.29. The van der Waals surface area contributed by atoms with Gasteiger partial charge in [0.1, 0.15) is 11.4 Å². The molecule has 0 radical (unpaired) electrons. The molecule has 0 saturated carbocycles. The van der Waals surface area contributed by atoms with Crippen LogP contribution in [0.25, 0.3) is 5.57 Å². The predicted molar refractivity (Wildman–Crippen MR) is 99.5 cm³/mol. The van der Waals surface area contributed by atoms with Crippen molar-refractivity contribution >= 4 is 34.4 Å². The van der Waals surface area contributed by atoms with E-state index in [-0.39, 0.29) is 29.4 Å². The van der Waals surface area contributed by atoms with E-state index in [0.717, 1.165) is 17.0 Å². The van der Waals surface area contributed by atoms with Crippen LogP contribution in [-0.2, 0) is 9.59 Å². The van der Waals surface area contributed by atoms with Gasteiger partial charge in [-0.3, -0.25) is 14.5 Å². The Hall–Kier alpha value is -2.81. The number of ether oxygens (including phenoxy) is 1. The van der Waals surface area contributed by atoms with Gasteiger partial charge >= 0.3 is 6.36 Å². The summed E-state index contributed by atoms with van der Waals surface area (Å²) in [6.07, 6.45) is -4.83. The zero-order valence-electron chi connectivity index (χ0n) is 15.0. The summed E-state index contributed by atoms with van der Waals surface area (Å²) in [5.41, 5.74) is 0.457. The van der Waals surface area contributed by atoms with Crippen LogP contribution in [0, 0.1) is 5.92 Å². The van der Waals surface area contributed by atoms with E-state index in [4.69, 9.17) is 0 Å². The molecular weight excluding hydrogens is 393 g/mol. The number of hydrogen-bond acceptors (Lipinski definition) is 5. The van der Waals surface area contributed by atoms with Gasteiger partial charge in [0, 0.05) is 23.2 Å². The SMILES string of the molecule is CC(C)CN1C(=O)C(Nc2cccc(OC(F)(F)F)c2)=C(c2cccs2)C1=O. The summed E-state index contributed by atoms with van der Waals surface area (Å²) in [4.78, 5) is 27.5. The van der Waals surface area contributed by atoms with Gasteiger partial charge < -0.3 is 10.1 Å². The third kappa shape index (κ3) is 4.36. The molecule has 148 valence electrons. The number of benzene rings is 1. The highest BCUT2D eigenvalue weighted by molar-refractivity contribution is 7.11. The fourth-order valence-electron chi connectivity index (χ4n) is 2.79. The van der Waals surface area contributed by atoms with Crippen molar-refractivity contribution in [3.63, 3.8) is 0 Å². The number of amides is 2. The number of carbonyl (C=O) groups excluding carboxylic acids is 2. The normalized spacial score (nSPS) is 15.0. The van der Waals surface area contributed by atoms with Gasteiger partial charge in [0.05, 0.1) is 5.57 Å². The Labute approximate surface area is 163 Å². The van der Waals surface area contributed by atoms with Gasteiger partial charge in [-0.05, 0) is 29.5 Å². The van der Waals surface area contributed by atoms with Crippen LogP contribution in [0.1, 0.15) is 18.7 Å². The molecule has 2 amide bonds. The fourth-order valence-corrected chi connectivity index (χ4v) is 3.56. The lowest BCUT2D eigenvalue weighted by molar-refractivity contribution is -0.274. The lowest BCUT2D eigenvalue weighted by atomic mass is 10.1. The van der Waals surface area contributed by atoms with Crippen molar-refractivity contribution in [3.05, 3.63) is 52.4 Å². The van der Waals surface area contributed by atoms with Crippen molar-refractivity contribution in [1.29, 1.82) is 0 Å². The molecule has 28 heavy (non-hydrogen) atoms. The van der Waals surface area contributed by atoms with Crippen molar-refractivity contribution in [2.24, 2.45) is 5.92 Å². The Morgan fingerprint density at radius 1 is 1.14 bits per heavy atom. The van der Waals surface area contributed by atoms with E-state index in [0.29, 0.717) is 4.88 Å². The van der Waals surface area contributed by atoms with E-state index < -0.39 is 23.9 Å². The Balaban J connectivity index is 1.96. The molecule has 0 unspecified atom stereocenters. The minimum Gasteiger partial charge on any atom is -0.406 e. The molecule has 0 saturated heterocycles. The van der Waals surface area contributed by atoms with Crippen LogP contribution in [0.2, 0.25) is 0 Å². The van der Waals surface area contributed by atoms with Crippen LogP contribution < -0.4 is 10.1 Å². The molecule has 3 rings (SSSR count). The average molecular weight is 410 g/mol. The first-order valence-corrected chi connectivity index (χ1v) is 9.31. The van der Waals surface area contributed by atoms with E-state index in [9.17, 15) is 22.8 Å². The maximum absolute atomic E-state index is 12.9. The van der Waals surface area contributed by atoms with Gasteiger partial charge in [-0.1, -0.05) is 26.0 Å². The number of alkyl halides is 3. The van der Waals surface area contributed by atoms with Crippen LogP contribution >= 0.6 is 11.3 Å². The maximum Gasteiger partial charge on any atom is 0.573 e. The van der Waals surface area contributed by atoms with Crippen LogP contribution in [0.5, 0.6) is 5.75 Å². The molecular formula is C19H17F3N2O3S. The number of rotatable bonds is 6. The van der Waals surface area contributed by atoms with Crippen LogP contribution in [0.3, 0.4) is 0 Å². The zero-order valence-corrected chi connectivity index (χ0v) is 15.9. The second-order valence-corrected chi connectivity index (χ2v) is 7.49. The molecule has 0 fully saturated rings. The molecule has 5 nitrogen and oxygen atoms in total. The number of carbonyl (C=O) groups is 2. The van der Waals surface area contributed by atoms with Crippen molar-refractivity contribution in [2.45, 2.75) is 20.2 Å². The van der Waals surface area contributed by atoms with Crippen molar-refractivity contribution in [2.75, 3.05) is 11.9 Å². The number of halogens is 3. The van der Waals surface area contributed by atoms with Crippen LogP contribution in [0.4, 0.5) is 18.9 Å².